The number of hydrogen-bond donors (Lipinski definition) is 0. The summed E-state index contributed by atoms with van der Waals surface area (Å²) < 4.78 is 5.62. The van der Waals surface area contributed by atoms with Crippen molar-refractivity contribution in [1.29, 1.82) is 0 Å². The van der Waals surface area contributed by atoms with Crippen molar-refractivity contribution in [2.75, 3.05) is 27.2 Å². The Morgan fingerprint density at radius 1 is 1.11 bits per heavy atom. The van der Waals surface area contributed by atoms with Gasteiger partial charge in [0.2, 0.25) is 0 Å². The summed E-state index contributed by atoms with van der Waals surface area (Å²) in [6, 6.07) is 8.51. The molecule has 4 rings (SSSR count). The molecule has 2 aliphatic heterocycles. The Hall–Kier alpha value is -1.81. The van der Waals surface area contributed by atoms with Crippen LogP contribution in [0.1, 0.15) is 51.0 Å². The van der Waals surface area contributed by atoms with Gasteiger partial charge in [0.15, 0.2) is 0 Å². The number of amidine groups is 1. The first-order valence-electron chi connectivity index (χ1n) is 10.7. The van der Waals surface area contributed by atoms with Crippen LogP contribution in [0.2, 0.25) is 0 Å². The molecule has 0 bridgehead atoms. The Morgan fingerprint density at radius 2 is 1.79 bits per heavy atom. The summed E-state index contributed by atoms with van der Waals surface area (Å²) in [6.07, 6.45) is 5.21. The Kier molecular flexibility index (Phi) is 5.50. The molecule has 28 heavy (non-hydrogen) atoms. The fourth-order valence-electron chi connectivity index (χ4n) is 5.07. The molecule has 4 nitrogen and oxygen atoms in total. The molecule has 2 heterocycles. The van der Waals surface area contributed by atoms with E-state index in [1.54, 1.807) is 7.11 Å². The van der Waals surface area contributed by atoms with Crippen LogP contribution >= 0.6 is 0 Å². The molecule has 4 heteroatoms. The molecule has 2 unspecified atom stereocenters. The van der Waals surface area contributed by atoms with Crippen LogP contribution < -0.4 is 4.74 Å². The van der Waals surface area contributed by atoms with Crippen molar-refractivity contribution in [3.63, 3.8) is 0 Å². The van der Waals surface area contributed by atoms with E-state index < -0.39 is 0 Å². The first kappa shape index (κ1) is 19.5. The highest BCUT2D eigenvalue weighted by molar-refractivity contribution is 5.89. The third kappa shape index (κ3) is 3.59. The van der Waals surface area contributed by atoms with E-state index in [0.29, 0.717) is 18.0 Å². The number of allylic oxidation sites excluding steroid dienone is 1. The number of nitrogens with zero attached hydrogens (tertiary/aromatic N) is 3. The van der Waals surface area contributed by atoms with Gasteiger partial charge in [-0.2, -0.15) is 0 Å². The van der Waals surface area contributed by atoms with Gasteiger partial charge in [-0.1, -0.05) is 25.1 Å². The van der Waals surface area contributed by atoms with E-state index in [4.69, 9.17) is 9.73 Å². The molecule has 3 aliphatic rings. The smallest absolute Gasteiger partial charge is 0.122 e. The van der Waals surface area contributed by atoms with E-state index >= 15 is 0 Å². The highest BCUT2D eigenvalue weighted by Crippen LogP contribution is 2.40. The topological polar surface area (TPSA) is 28.1 Å². The van der Waals surface area contributed by atoms with Crippen molar-refractivity contribution < 1.29 is 4.74 Å². The second kappa shape index (κ2) is 7.90. The van der Waals surface area contributed by atoms with Crippen LogP contribution in [-0.4, -0.2) is 49.0 Å². The van der Waals surface area contributed by atoms with Crippen LogP contribution in [0.4, 0.5) is 0 Å². The number of rotatable bonds is 5. The van der Waals surface area contributed by atoms with Gasteiger partial charge in [0.25, 0.3) is 0 Å². The predicted molar refractivity (Wildman–Crippen MR) is 115 cm³/mol. The maximum absolute atomic E-state index is 5.62. The van der Waals surface area contributed by atoms with Crippen molar-refractivity contribution in [3.8, 4) is 5.75 Å². The lowest BCUT2D eigenvalue weighted by atomic mass is 9.87. The Labute approximate surface area is 170 Å². The summed E-state index contributed by atoms with van der Waals surface area (Å²) in [4.78, 5) is 10.1. The number of methoxy groups -OCH3 is 1. The zero-order valence-electron chi connectivity index (χ0n) is 17.8. The highest BCUT2D eigenvalue weighted by Gasteiger charge is 2.40. The van der Waals surface area contributed by atoms with Crippen LogP contribution in [0, 0.1) is 18.8 Å². The number of ether oxygens (including phenoxy) is 1. The quantitative estimate of drug-likeness (QED) is 0.741. The van der Waals surface area contributed by atoms with Crippen LogP contribution in [0.15, 0.2) is 40.5 Å². The molecule has 1 aromatic carbocycles. The van der Waals surface area contributed by atoms with Crippen molar-refractivity contribution in [2.24, 2.45) is 16.8 Å². The van der Waals surface area contributed by atoms with Gasteiger partial charge < -0.3 is 9.64 Å². The Balaban J connectivity index is 1.53. The summed E-state index contributed by atoms with van der Waals surface area (Å²) in [6.45, 7) is 10.9. The number of piperidine rings is 1. The zero-order valence-corrected chi connectivity index (χ0v) is 17.8. The molecule has 0 spiro atoms. The minimum absolute atomic E-state index is 0.267. The number of hydrogen-bond acceptors (Lipinski definition) is 4. The molecule has 151 valence electrons. The van der Waals surface area contributed by atoms with Gasteiger partial charge in [0, 0.05) is 31.8 Å². The third-order valence-electron chi connectivity index (χ3n) is 6.63. The van der Waals surface area contributed by atoms with E-state index in [-0.39, 0.29) is 5.92 Å². The average Bonchev–Trinajstić information content (AvgIpc) is 3.54. The molecule has 0 aromatic heterocycles. The fourth-order valence-corrected chi connectivity index (χ4v) is 5.07. The van der Waals surface area contributed by atoms with Gasteiger partial charge in [0.1, 0.15) is 17.8 Å². The molecule has 2 atom stereocenters. The van der Waals surface area contributed by atoms with Gasteiger partial charge in [0.05, 0.1) is 7.11 Å². The van der Waals surface area contributed by atoms with Crippen LogP contribution in [0.3, 0.4) is 0 Å². The van der Waals surface area contributed by atoms with Crippen molar-refractivity contribution in [1.82, 2.24) is 9.80 Å². The summed E-state index contributed by atoms with van der Waals surface area (Å²) in [5, 5.41) is 0. The van der Waals surface area contributed by atoms with Gasteiger partial charge in [-0.05, 0) is 68.6 Å². The second-order valence-electron chi connectivity index (χ2n) is 8.72. The standard InChI is InChI=1S/C24H34N3O/c1-16(2)22-17(3)25-23(19-10-11-19)26(4)24(22)27-14-12-18(13-15-27)20-8-6-7-9-21(20)28-5/h6-9,16,18-19,24H,1,10-15H2,2-5H3. The van der Waals surface area contributed by atoms with E-state index in [0.717, 1.165) is 18.8 Å². The zero-order chi connectivity index (χ0) is 19.8. The molecule has 1 radical (unpaired) electrons. The predicted octanol–water partition coefficient (Wildman–Crippen LogP) is 4.70. The van der Waals surface area contributed by atoms with E-state index in [9.17, 15) is 0 Å². The molecule has 1 aromatic rings. The van der Waals surface area contributed by atoms with E-state index in [1.807, 2.05) is 0 Å². The second-order valence-corrected chi connectivity index (χ2v) is 8.72. The first-order valence-corrected chi connectivity index (χ1v) is 10.7. The SMILES string of the molecule is [CH2]C(C)C1=C(C)N=C(C2CC2)N(C)C1N1CCC(c2ccccc2OC)CC1. The van der Waals surface area contributed by atoms with Crippen LogP contribution in [-0.2, 0) is 0 Å². The molecule has 1 aliphatic carbocycles. The van der Waals surface area contributed by atoms with Gasteiger partial charge >= 0.3 is 0 Å². The maximum Gasteiger partial charge on any atom is 0.122 e. The van der Waals surface area contributed by atoms with Gasteiger partial charge in [-0.25, -0.2) is 4.99 Å². The molecular weight excluding hydrogens is 346 g/mol. The van der Waals surface area contributed by atoms with Crippen LogP contribution in [0.25, 0.3) is 0 Å². The Bertz CT molecular complexity index is 770. The largest absolute Gasteiger partial charge is 0.496 e. The van der Waals surface area contributed by atoms with Crippen LogP contribution in [0.5, 0.6) is 5.75 Å². The molecule has 1 saturated carbocycles. The molecule has 1 saturated heterocycles. The maximum atomic E-state index is 5.62. The molecule has 0 N–H and O–H groups in total. The lowest BCUT2D eigenvalue weighted by Gasteiger charge is -2.47. The number of likely N-dealkylation sites (tertiary alicyclic amines) is 1. The van der Waals surface area contributed by atoms with Crippen molar-refractivity contribution in [2.45, 2.75) is 51.6 Å². The average molecular weight is 381 g/mol. The highest BCUT2D eigenvalue weighted by atomic mass is 16.5. The Morgan fingerprint density at radius 3 is 2.39 bits per heavy atom. The minimum Gasteiger partial charge on any atom is -0.496 e. The minimum atomic E-state index is 0.267. The van der Waals surface area contributed by atoms with Crippen molar-refractivity contribution in [3.05, 3.63) is 48.0 Å². The van der Waals surface area contributed by atoms with Gasteiger partial charge in [-0.3, -0.25) is 4.90 Å². The molecule has 2 fully saturated rings. The summed E-state index contributed by atoms with van der Waals surface area (Å²) in [7, 11) is 4.02. The summed E-state index contributed by atoms with van der Waals surface area (Å²) in [5.74, 6) is 3.82. The number of aliphatic imine (C=N–C) groups is 1. The molecule has 0 amide bonds. The number of para-hydroxylation sites is 1. The third-order valence-corrected chi connectivity index (χ3v) is 6.63. The van der Waals surface area contributed by atoms with Crippen molar-refractivity contribution >= 4 is 5.84 Å². The van der Waals surface area contributed by atoms with E-state index in [1.165, 1.54) is 48.4 Å². The lowest BCUT2D eigenvalue weighted by molar-refractivity contribution is 0.0934. The monoisotopic (exact) mass is 380 g/mol. The number of benzene rings is 1. The van der Waals surface area contributed by atoms with Gasteiger partial charge in [-0.15, -0.1) is 0 Å². The lowest BCUT2D eigenvalue weighted by Crippen LogP contribution is -2.55. The number of likely N-dealkylation sites (N-methyl/N-ethyl adjacent to an activating group) is 1. The summed E-state index contributed by atoms with van der Waals surface area (Å²) in [5.41, 5.74) is 3.95. The molecular formula is C24H34N3O. The normalized spacial score (nSPS) is 24.7. The van der Waals surface area contributed by atoms with E-state index in [2.05, 4.69) is 61.9 Å². The first-order chi connectivity index (χ1) is 13.5. The fraction of sp³-hybridized carbons (Fsp3) is 0.583. The summed E-state index contributed by atoms with van der Waals surface area (Å²) >= 11 is 0.